The first kappa shape index (κ1) is 12.7. The van der Waals surface area contributed by atoms with E-state index >= 15 is 0 Å². The van der Waals surface area contributed by atoms with E-state index in [1.165, 1.54) is 42.1 Å². The quantitative estimate of drug-likeness (QED) is 0.499. The summed E-state index contributed by atoms with van der Waals surface area (Å²) in [5.74, 6) is 0.990. The van der Waals surface area contributed by atoms with Crippen molar-refractivity contribution < 1.29 is 0 Å². The molecule has 2 nitrogen and oxygen atoms in total. The summed E-state index contributed by atoms with van der Waals surface area (Å²) in [6.07, 6.45) is 12.2. The summed E-state index contributed by atoms with van der Waals surface area (Å²) >= 11 is 6.91. The van der Waals surface area contributed by atoms with Gasteiger partial charge in [-0.3, -0.25) is 4.68 Å². The molecule has 2 rings (SSSR count). The van der Waals surface area contributed by atoms with Crippen LogP contribution in [-0.4, -0.2) is 15.5 Å². The van der Waals surface area contributed by atoms with E-state index in [1.807, 2.05) is 6.20 Å². The number of hydrogen-bond donors (Lipinski definition) is 1. The molecule has 1 aliphatic carbocycles. The number of aromatic nitrogens is 2. The minimum absolute atomic E-state index is 0.384. The molecule has 0 aromatic carbocycles. The highest BCUT2D eigenvalue weighted by atomic mass is 127. The number of nitrogens with zero attached hydrogens (tertiary/aromatic N) is 2. The van der Waals surface area contributed by atoms with Crippen molar-refractivity contribution >= 4 is 35.2 Å². The first-order chi connectivity index (χ1) is 7.74. The fourth-order valence-electron chi connectivity index (χ4n) is 2.61. The van der Waals surface area contributed by atoms with Crippen LogP contribution in [0.2, 0.25) is 0 Å². The van der Waals surface area contributed by atoms with Crippen molar-refractivity contribution in [3.8, 4) is 0 Å². The van der Waals surface area contributed by atoms with Gasteiger partial charge in [-0.05, 0) is 46.6 Å². The lowest BCUT2D eigenvalue weighted by Gasteiger charge is -2.31. The first-order valence-corrected chi connectivity index (χ1v) is 7.74. The van der Waals surface area contributed by atoms with Crippen LogP contribution < -0.4 is 0 Å². The van der Waals surface area contributed by atoms with Gasteiger partial charge in [-0.15, -0.1) is 0 Å². The molecule has 0 bridgehead atoms. The van der Waals surface area contributed by atoms with Crippen LogP contribution >= 0.6 is 35.2 Å². The van der Waals surface area contributed by atoms with Gasteiger partial charge in [-0.1, -0.05) is 25.7 Å². The molecule has 1 heterocycles. The van der Waals surface area contributed by atoms with Crippen molar-refractivity contribution in [2.75, 3.05) is 5.75 Å². The maximum absolute atomic E-state index is 4.59. The molecule has 0 amide bonds. The second kappa shape index (κ2) is 5.76. The molecular formula is C12H19IN2S. The molecule has 0 radical (unpaired) electrons. The highest BCUT2D eigenvalue weighted by Crippen LogP contribution is 2.37. The molecule has 1 saturated carbocycles. The van der Waals surface area contributed by atoms with Gasteiger partial charge in [0.05, 0.1) is 9.77 Å². The molecule has 4 heteroatoms. The minimum Gasteiger partial charge on any atom is -0.271 e. The Morgan fingerprint density at radius 2 is 2.00 bits per heavy atom. The summed E-state index contributed by atoms with van der Waals surface area (Å²) in [7, 11) is 0. The zero-order valence-corrected chi connectivity index (χ0v) is 12.6. The van der Waals surface area contributed by atoms with Crippen molar-refractivity contribution in [1.29, 1.82) is 0 Å². The molecule has 0 saturated heterocycles. The van der Waals surface area contributed by atoms with E-state index in [9.17, 15) is 0 Å². The predicted molar refractivity (Wildman–Crippen MR) is 78.9 cm³/mol. The zero-order valence-electron chi connectivity index (χ0n) is 9.53. The topological polar surface area (TPSA) is 17.8 Å². The van der Waals surface area contributed by atoms with Crippen LogP contribution in [0.25, 0.3) is 0 Å². The maximum Gasteiger partial charge on any atom is 0.0623 e. The summed E-state index contributed by atoms with van der Waals surface area (Å²) in [5, 5.41) is 4.41. The second-order valence-electron chi connectivity index (χ2n) is 4.93. The van der Waals surface area contributed by atoms with E-state index in [-0.39, 0.29) is 0 Å². The summed E-state index contributed by atoms with van der Waals surface area (Å²) in [6, 6.07) is 0. The van der Waals surface area contributed by atoms with Gasteiger partial charge in [0, 0.05) is 12.7 Å². The number of hydrogen-bond acceptors (Lipinski definition) is 2. The first-order valence-electron chi connectivity index (χ1n) is 6.03. The lowest BCUT2D eigenvalue weighted by molar-refractivity contribution is 0.230. The van der Waals surface area contributed by atoms with E-state index in [2.05, 4.69) is 51.2 Å². The number of halogens is 1. The van der Waals surface area contributed by atoms with Gasteiger partial charge in [-0.25, -0.2) is 0 Å². The molecule has 90 valence electrons. The Balaban J connectivity index is 2.08. The summed E-state index contributed by atoms with van der Waals surface area (Å²) in [4.78, 5) is 0. The Bertz CT molecular complexity index is 330. The van der Waals surface area contributed by atoms with Crippen molar-refractivity contribution in [2.45, 2.75) is 45.1 Å². The van der Waals surface area contributed by atoms with Gasteiger partial charge in [-0.2, -0.15) is 17.7 Å². The van der Waals surface area contributed by atoms with E-state index in [4.69, 9.17) is 0 Å². The van der Waals surface area contributed by atoms with E-state index < -0.39 is 0 Å². The molecule has 1 aliphatic rings. The molecule has 16 heavy (non-hydrogen) atoms. The Morgan fingerprint density at radius 3 is 2.50 bits per heavy atom. The normalized spacial score (nSPS) is 20.6. The second-order valence-corrected chi connectivity index (χ2v) is 6.49. The largest absolute Gasteiger partial charge is 0.271 e. The molecule has 0 aliphatic heterocycles. The Hall–Kier alpha value is 0.290. The zero-order chi connectivity index (χ0) is 11.4. The van der Waals surface area contributed by atoms with Crippen LogP contribution in [0.3, 0.4) is 0 Å². The van der Waals surface area contributed by atoms with Gasteiger partial charge in [0.15, 0.2) is 0 Å². The van der Waals surface area contributed by atoms with Crippen molar-refractivity contribution in [1.82, 2.24) is 9.78 Å². The smallest absolute Gasteiger partial charge is 0.0623 e. The molecule has 1 aromatic heterocycles. The van der Waals surface area contributed by atoms with Crippen molar-refractivity contribution in [3.05, 3.63) is 16.0 Å². The van der Waals surface area contributed by atoms with E-state index in [0.717, 1.165) is 12.3 Å². The van der Waals surface area contributed by atoms with Crippen LogP contribution in [0.15, 0.2) is 12.4 Å². The molecule has 1 aromatic rings. The fraction of sp³-hybridized carbons (Fsp3) is 0.750. The van der Waals surface area contributed by atoms with Crippen LogP contribution in [0, 0.1) is 8.99 Å². The Labute approximate surface area is 117 Å². The third-order valence-electron chi connectivity index (χ3n) is 3.60. The lowest BCUT2D eigenvalue weighted by Crippen LogP contribution is -2.28. The standard InChI is InChI=1S/C12H19IN2S/c13-11-7-14-15(8-11)9-12(10-16)5-3-1-2-4-6-12/h7-8,16H,1-6,9-10H2. The number of thiol groups is 1. The molecule has 0 spiro atoms. The molecule has 0 N–H and O–H groups in total. The third-order valence-corrected chi connectivity index (χ3v) is 4.83. The Kier molecular flexibility index (Phi) is 4.58. The van der Waals surface area contributed by atoms with E-state index in [0.29, 0.717) is 5.41 Å². The van der Waals surface area contributed by atoms with Crippen LogP contribution in [0.1, 0.15) is 38.5 Å². The summed E-state index contributed by atoms with van der Waals surface area (Å²) in [5.41, 5.74) is 0.384. The highest BCUT2D eigenvalue weighted by molar-refractivity contribution is 14.1. The highest BCUT2D eigenvalue weighted by Gasteiger charge is 2.30. The van der Waals surface area contributed by atoms with Crippen LogP contribution in [-0.2, 0) is 6.54 Å². The summed E-state index contributed by atoms with van der Waals surface area (Å²) < 4.78 is 3.32. The Morgan fingerprint density at radius 1 is 1.31 bits per heavy atom. The van der Waals surface area contributed by atoms with Crippen LogP contribution in [0.4, 0.5) is 0 Å². The van der Waals surface area contributed by atoms with Gasteiger partial charge < -0.3 is 0 Å². The SMILES string of the molecule is SCC1(Cn2cc(I)cn2)CCCCCC1. The van der Waals surface area contributed by atoms with Gasteiger partial charge in [0.25, 0.3) is 0 Å². The van der Waals surface area contributed by atoms with Crippen LogP contribution in [0.5, 0.6) is 0 Å². The summed E-state index contributed by atoms with van der Waals surface area (Å²) in [6.45, 7) is 1.04. The van der Waals surface area contributed by atoms with Gasteiger partial charge >= 0.3 is 0 Å². The fourth-order valence-corrected chi connectivity index (χ4v) is 3.48. The van der Waals surface area contributed by atoms with Crippen molar-refractivity contribution in [2.24, 2.45) is 5.41 Å². The number of rotatable bonds is 3. The van der Waals surface area contributed by atoms with Crippen molar-refractivity contribution in [3.63, 3.8) is 0 Å². The minimum atomic E-state index is 0.384. The van der Waals surface area contributed by atoms with E-state index in [1.54, 1.807) is 0 Å². The monoisotopic (exact) mass is 350 g/mol. The predicted octanol–water partition coefficient (Wildman–Crippen LogP) is 3.76. The average Bonchev–Trinajstić information content (AvgIpc) is 2.54. The average molecular weight is 350 g/mol. The molecular weight excluding hydrogens is 331 g/mol. The maximum atomic E-state index is 4.59. The molecule has 0 atom stereocenters. The molecule has 1 fully saturated rings. The lowest BCUT2D eigenvalue weighted by atomic mass is 9.82. The third kappa shape index (κ3) is 3.15. The van der Waals surface area contributed by atoms with Gasteiger partial charge in [0.2, 0.25) is 0 Å². The molecule has 0 unspecified atom stereocenters. The van der Waals surface area contributed by atoms with Gasteiger partial charge in [0.1, 0.15) is 0 Å².